The molecule has 2 N–H and O–H groups in total. The number of ether oxygens (including phenoxy) is 2. The van der Waals surface area contributed by atoms with E-state index < -0.39 is 11.6 Å². The summed E-state index contributed by atoms with van der Waals surface area (Å²) in [4.78, 5) is 15.4. The molecule has 5 nitrogen and oxygen atoms in total. The maximum absolute atomic E-state index is 11.4. The molecule has 0 saturated carbocycles. The number of rotatable bonds is 4. The molecule has 0 aromatic carbocycles. The molecule has 1 aromatic rings. The highest BCUT2D eigenvalue weighted by molar-refractivity contribution is 5.71. The molecule has 94 valence electrons. The van der Waals surface area contributed by atoms with E-state index in [1.54, 1.807) is 12.1 Å². The van der Waals surface area contributed by atoms with Crippen molar-refractivity contribution in [3.8, 4) is 5.75 Å². The van der Waals surface area contributed by atoms with Gasteiger partial charge in [0.15, 0.2) is 6.61 Å². The third-order valence-electron chi connectivity index (χ3n) is 1.78. The quantitative estimate of drug-likeness (QED) is 0.799. The van der Waals surface area contributed by atoms with Crippen molar-refractivity contribution in [2.24, 2.45) is 5.73 Å². The molecular weight excluding hydrogens is 220 g/mol. The SMILES string of the molecule is CC(C)(C)OC(=O)COc1ccc(CN)nc1. The van der Waals surface area contributed by atoms with Gasteiger partial charge < -0.3 is 15.2 Å². The predicted molar refractivity (Wildman–Crippen MR) is 63.5 cm³/mol. The molecule has 17 heavy (non-hydrogen) atoms. The molecule has 0 bridgehead atoms. The normalized spacial score (nSPS) is 11.1. The lowest BCUT2D eigenvalue weighted by atomic mass is 10.2. The zero-order valence-corrected chi connectivity index (χ0v) is 10.4. The Hall–Kier alpha value is -1.62. The largest absolute Gasteiger partial charge is 0.480 e. The Morgan fingerprint density at radius 2 is 2.12 bits per heavy atom. The van der Waals surface area contributed by atoms with Crippen molar-refractivity contribution in [2.45, 2.75) is 32.9 Å². The fraction of sp³-hybridized carbons (Fsp3) is 0.500. The highest BCUT2D eigenvalue weighted by Gasteiger charge is 2.16. The van der Waals surface area contributed by atoms with Crippen LogP contribution in [-0.4, -0.2) is 23.2 Å². The summed E-state index contributed by atoms with van der Waals surface area (Å²) in [5.41, 5.74) is 5.69. The number of aromatic nitrogens is 1. The molecule has 0 aliphatic heterocycles. The minimum Gasteiger partial charge on any atom is -0.480 e. The summed E-state index contributed by atoms with van der Waals surface area (Å²) in [5, 5.41) is 0. The minimum absolute atomic E-state index is 0.124. The van der Waals surface area contributed by atoms with E-state index in [1.165, 1.54) is 6.20 Å². The van der Waals surface area contributed by atoms with Crippen molar-refractivity contribution in [3.63, 3.8) is 0 Å². The van der Waals surface area contributed by atoms with Gasteiger partial charge in [-0.1, -0.05) is 0 Å². The van der Waals surface area contributed by atoms with Gasteiger partial charge in [0.05, 0.1) is 11.9 Å². The Kier molecular flexibility index (Phi) is 4.45. The monoisotopic (exact) mass is 238 g/mol. The molecule has 0 aliphatic carbocycles. The van der Waals surface area contributed by atoms with Crippen molar-refractivity contribution < 1.29 is 14.3 Å². The second kappa shape index (κ2) is 5.63. The average molecular weight is 238 g/mol. The first-order valence-corrected chi connectivity index (χ1v) is 5.40. The van der Waals surface area contributed by atoms with Crippen LogP contribution in [0, 0.1) is 0 Å². The Labute approximate surface area is 101 Å². The first-order chi connectivity index (χ1) is 7.90. The molecule has 0 unspecified atom stereocenters. The van der Waals surface area contributed by atoms with E-state index in [2.05, 4.69) is 4.98 Å². The van der Waals surface area contributed by atoms with Crippen LogP contribution in [0.25, 0.3) is 0 Å². The maximum atomic E-state index is 11.4. The number of pyridine rings is 1. The number of carbonyl (C=O) groups is 1. The number of esters is 1. The Balaban J connectivity index is 2.42. The van der Waals surface area contributed by atoms with Crippen LogP contribution in [0.4, 0.5) is 0 Å². The van der Waals surface area contributed by atoms with E-state index in [0.29, 0.717) is 12.3 Å². The third-order valence-corrected chi connectivity index (χ3v) is 1.78. The summed E-state index contributed by atoms with van der Waals surface area (Å²) >= 11 is 0. The number of nitrogens with two attached hydrogens (primary N) is 1. The smallest absolute Gasteiger partial charge is 0.344 e. The molecular formula is C12H18N2O3. The van der Waals surface area contributed by atoms with Crippen LogP contribution in [0.1, 0.15) is 26.5 Å². The van der Waals surface area contributed by atoms with Gasteiger partial charge in [0.2, 0.25) is 0 Å². The molecule has 0 fully saturated rings. The van der Waals surface area contributed by atoms with Gasteiger partial charge >= 0.3 is 5.97 Å². The fourth-order valence-electron chi connectivity index (χ4n) is 1.13. The standard InChI is InChI=1S/C12H18N2O3/c1-12(2,3)17-11(15)8-16-10-5-4-9(6-13)14-7-10/h4-5,7H,6,8,13H2,1-3H3. The number of hydrogen-bond donors (Lipinski definition) is 1. The van der Waals surface area contributed by atoms with E-state index >= 15 is 0 Å². The Morgan fingerprint density at radius 3 is 2.59 bits per heavy atom. The van der Waals surface area contributed by atoms with Crippen LogP contribution < -0.4 is 10.5 Å². The summed E-state index contributed by atoms with van der Waals surface area (Å²) in [5.74, 6) is 0.119. The van der Waals surface area contributed by atoms with Crippen LogP contribution >= 0.6 is 0 Å². The maximum Gasteiger partial charge on any atom is 0.344 e. The van der Waals surface area contributed by atoms with Crippen LogP contribution in [0.5, 0.6) is 5.75 Å². The van der Waals surface area contributed by atoms with Gasteiger partial charge in [0.1, 0.15) is 11.4 Å². The lowest BCUT2D eigenvalue weighted by Crippen LogP contribution is -2.27. The molecule has 1 rings (SSSR count). The van der Waals surface area contributed by atoms with E-state index in [0.717, 1.165) is 5.69 Å². The molecule has 5 heteroatoms. The molecule has 0 atom stereocenters. The average Bonchev–Trinajstić information content (AvgIpc) is 2.25. The van der Waals surface area contributed by atoms with Gasteiger partial charge in [-0.25, -0.2) is 4.79 Å². The number of carbonyl (C=O) groups excluding carboxylic acids is 1. The Morgan fingerprint density at radius 1 is 1.41 bits per heavy atom. The number of hydrogen-bond acceptors (Lipinski definition) is 5. The molecule has 0 radical (unpaired) electrons. The first kappa shape index (κ1) is 13.4. The van der Waals surface area contributed by atoms with Gasteiger partial charge in [0.25, 0.3) is 0 Å². The summed E-state index contributed by atoms with van der Waals surface area (Å²) in [6.45, 7) is 5.68. The summed E-state index contributed by atoms with van der Waals surface area (Å²) in [6, 6.07) is 3.48. The first-order valence-electron chi connectivity index (χ1n) is 5.40. The second-order valence-corrected chi connectivity index (χ2v) is 4.56. The van der Waals surface area contributed by atoms with E-state index in [4.69, 9.17) is 15.2 Å². The van der Waals surface area contributed by atoms with Gasteiger partial charge in [-0.2, -0.15) is 0 Å². The second-order valence-electron chi connectivity index (χ2n) is 4.56. The van der Waals surface area contributed by atoms with Crippen LogP contribution in [0.2, 0.25) is 0 Å². The van der Waals surface area contributed by atoms with Crippen molar-refractivity contribution >= 4 is 5.97 Å². The summed E-state index contributed by atoms with van der Waals surface area (Å²) in [6.07, 6.45) is 1.53. The van der Waals surface area contributed by atoms with E-state index in [1.807, 2.05) is 20.8 Å². The van der Waals surface area contributed by atoms with E-state index in [-0.39, 0.29) is 6.61 Å². The number of nitrogens with zero attached hydrogens (tertiary/aromatic N) is 1. The topological polar surface area (TPSA) is 74.4 Å². The third kappa shape index (κ3) is 5.31. The van der Waals surface area contributed by atoms with E-state index in [9.17, 15) is 4.79 Å². The highest BCUT2D eigenvalue weighted by atomic mass is 16.6. The van der Waals surface area contributed by atoms with Gasteiger partial charge in [-0.15, -0.1) is 0 Å². The van der Waals surface area contributed by atoms with Crippen molar-refractivity contribution in [2.75, 3.05) is 6.61 Å². The van der Waals surface area contributed by atoms with Gasteiger partial charge in [0, 0.05) is 6.54 Å². The van der Waals surface area contributed by atoms with Gasteiger partial charge in [-0.05, 0) is 32.9 Å². The lowest BCUT2D eigenvalue weighted by molar-refractivity contribution is -0.157. The fourth-order valence-corrected chi connectivity index (χ4v) is 1.13. The zero-order chi connectivity index (χ0) is 12.9. The molecule has 0 saturated heterocycles. The molecule has 1 heterocycles. The minimum atomic E-state index is -0.498. The zero-order valence-electron chi connectivity index (χ0n) is 10.4. The molecule has 0 amide bonds. The summed E-state index contributed by atoms with van der Waals surface area (Å²) < 4.78 is 10.3. The van der Waals surface area contributed by atoms with Crippen molar-refractivity contribution in [1.82, 2.24) is 4.98 Å². The van der Waals surface area contributed by atoms with Crippen LogP contribution in [0.15, 0.2) is 18.3 Å². The lowest BCUT2D eigenvalue weighted by Gasteiger charge is -2.19. The molecule has 0 aliphatic rings. The van der Waals surface area contributed by atoms with Crippen molar-refractivity contribution in [1.29, 1.82) is 0 Å². The van der Waals surface area contributed by atoms with Gasteiger partial charge in [-0.3, -0.25) is 4.98 Å². The molecule has 0 spiro atoms. The van der Waals surface area contributed by atoms with Crippen molar-refractivity contribution in [3.05, 3.63) is 24.0 Å². The predicted octanol–water partition coefficient (Wildman–Crippen LogP) is 1.26. The summed E-state index contributed by atoms with van der Waals surface area (Å²) in [7, 11) is 0. The molecule has 1 aromatic heterocycles. The van der Waals surface area contributed by atoms with Crippen LogP contribution in [0.3, 0.4) is 0 Å². The highest BCUT2D eigenvalue weighted by Crippen LogP contribution is 2.10. The Bertz CT molecular complexity index is 368. The van der Waals surface area contributed by atoms with Crippen LogP contribution in [-0.2, 0) is 16.1 Å².